The number of ether oxygens (including phenoxy) is 2. The van der Waals surface area contributed by atoms with E-state index in [9.17, 15) is 19.7 Å². The number of carbonyl (C=O) groups excluding carboxylic acids is 2. The Morgan fingerprint density at radius 1 is 1.12 bits per heavy atom. The number of ketones is 1. The minimum absolute atomic E-state index is 0.0614. The molecule has 0 bridgehead atoms. The second kappa shape index (κ2) is 8.75. The van der Waals surface area contributed by atoms with Crippen molar-refractivity contribution in [2.75, 3.05) is 6.61 Å². The number of benzene rings is 2. The number of hydrogen-bond acceptors (Lipinski definition) is 6. The molecule has 0 aliphatic heterocycles. The topological polar surface area (TPSA) is 95.7 Å². The largest absolute Gasteiger partial charge is 0.489 e. The van der Waals surface area contributed by atoms with Gasteiger partial charge in [-0.25, -0.2) is 4.79 Å². The number of hydrogen-bond donors (Lipinski definition) is 0. The van der Waals surface area contributed by atoms with Crippen LogP contribution >= 0.6 is 0 Å². The molecular formula is C19H19NO6. The van der Waals surface area contributed by atoms with Crippen LogP contribution in [-0.2, 0) is 27.4 Å². The van der Waals surface area contributed by atoms with Gasteiger partial charge in [0, 0.05) is 17.2 Å². The molecule has 2 aromatic rings. The molecule has 0 atom stereocenters. The normalized spacial score (nSPS) is 10.2. The summed E-state index contributed by atoms with van der Waals surface area (Å²) in [6.07, 6.45) is -0.413. The summed E-state index contributed by atoms with van der Waals surface area (Å²) in [5.41, 5.74) is 1.31. The van der Waals surface area contributed by atoms with Gasteiger partial charge in [-0.2, -0.15) is 0 Å². The molecule has 26 heavy (non-hydrogen) atoms. The van der Waals surface area contributed by atoms with Crippen LogP contribution in [-0.4, -0.2) is 23.3 Å². The molecule has 0 unspecified atom stereocenters. The molecule has 0 heterocycles. The molecule has 7 heteroatoms. The number of carbonyl (C=O) groups is 2. The number of Topliss-reactive ketones (excluding diaryl/α,β-unsaturated/α-hetero) is 1. The Bertz CT molecular complexity index is 816. The van der Waals surface area contributed by atoms with Crippen LogP contribution in [0.5, 0.6) is 5.75 Å². The van der Waals surface area contributed by atoms with Crippen molar-refractivity contribution >= 4 is 17.4 Å². The van der Waals surface area contributed by atoms with Gasteiger partial charge in [0.15, 0.2) is 0 Å². The quantitative estimate of drug-likeness (QED) is 0.312. The fraction of sp³-hybridized carbons (Fsp3) is 0.263. The number of nitro groups is 1. The summed E-state index contributed by atoms with van der Waals surface area (Å²) in [5.74, 6) is -1.42. The zero-order valence-electron chi connectivity index (χ0n) is 14.6. The van der Waals surface area contributed by atoms with Crippen LogP contribution in [0.15, 0.2) is 42.5 Å². The molecule has 0 radical (unpaired) electrons. The summed E-state index contributed by atoms with van der Waals surface area (Å²) >= 11 is 0. The van der Waals surface area contributed by atoms with E-state index in [2.05, 4.69) is 4.74 Å². The van der Waals surface area contributed by atoms with E-state index in [1.807, 2.05) is 30.3 Å². The first-order valence-electron chi connectivity index (χ1n) is 8.07. The monoisotopic (exact) mass is 357 g/mol. The lowest BCUT2D eigenvalue weighted by atomic mass is 10.00. The highest BCUT2D eigenvalue weighted by Crippen LogP contribution is 2.31. The summed E-state index contributed by atoms with van der Waals surface area (Å²) in [6, 6.07) is 12.2. The van der Waals surface area contributed by atoms with Gasteiger partial charge in [0.25, 0.3) is 5.69 Å². The van der Waals surface area contributed by atoms with Gasteiger partial charge in [-0.05, 0) is 25.5 Å². The van der Waals surface area contributed by atoms with Gasteiger partial charge in [-0.15, -0.1) is 0 Å². The standard InChI is InChI=1S/C19H19NO6/c1-3-25-19(22)17(21)11-15-13(2)18(10-9-16(15)20(23)24)26-12-14-7-5-4-6-8-14/h4-10H,3,11-12H2,1-2H3. The minimum Gasteiger partial charge on any atom is -0.489 e. The molecule has 0 amide bonds. The Balaban J connectivity index is 2.27. The Morgan fingerprint density at radius 2 is 1.81 bits per heavy atom. The van der Waals surface area contributed by atoms with Gasteiger partial charge in [0.1, 0.15) is 12.4 Å². The van der Waals surface area contributed by atoms with E-state index in [4.69, 9.17) is 4.74 Å². The Kier molecular flexibility index (Phi) is 6.43. The molecule has 136 valence electrons. The zero-order valence-corrected chi connectivity index (χ0v) is 14.6. The third-order valence-corrected chi connectivity index (χ3v) is 3.80. The zero-order chi connectivity index (χ0) is 19.1. The van der Waals surface area contributed by atoms with Gasteiger partial charge in [-0.1, -0.05) is 30.3 Å². The van der Waals surface area contributed by atoms with E-state index in [1.165, 1.54) is 12.1 Å². The summed E-state index contributed by atoms with van der Waals surface area (Å²) in [5, 5.41) is 11.3. The summed E-state index contributed by atoms with van der Waals surface area (Å²) < 4.78 is 10.4. The van der Waals surface area contributed by atoms with Crippen molar-refractivity contribution in [3.63, 3.8) is 0 Å². The molecule has 0 aliphatic carbocycles. The number of nitrogens with zero attached hydrogens (tertiary/aromatic N) is 1. The molecular weight excluding hydrogens is 338 g/mol. The molecule has 7 nitrogen and oxygen atoms in total. The van der Waals surface area contributed by atoms with E-state index >= 15 is 0 Å². The smallest absolute Gasteiger partial charge is 0.374 e. The van der Waals surface area contributed by atoms with Crippen molar-refractivity contribution in [3.8, 4) is 5.75 Å². The number of nitro benzene ring substituents is 1. The van der Waals surface area contributed by atoms with Crippen LogP contribution in [0, 0.1) is 17.0 Å². The van der Waals surface area contributed by atoms with Crippen LogP contribution in [0.2, 0.25) is 0 Å². The highest BCUT2D eigenvalue weighted by Gasteiger charge is 2.25. The molecule has 0 saturated carbocycles. The molecule has 0 aromatic heterocycles. The predicted octanol–water partition coefficient (Wildman–Crippen LogP) is 3.16. The minimum atomic E-state index is -1.00. The molecule has 0 N–H and O–H groups in total. The van der Waals surface area contributed by atoms with Crippen LogP contribution < -0.4 is 4.74 Å². The fourth-order valence-electron chi connectivity index (χ4n) is 2.45. The summed E-state index contributed by atoms with van der Waals surface area (Å²) in [6.45, 7) is 3.55. The van der Waals surface area contributed by atoms with Crippen molar-refractivity contribution in [2.45, 2.75) is 26.9 Å². The van der Waals surface area contributed by atoms with Crippen LogP contribution in [0.4, 0.5) is 5.69 Å². The number of esters is 1. The maximum atomic E-state index is 12.0. The first kappa shape index (κ1) is 19.1. The van der Waals surface area contributed by atoms with Crippen LogP contribution in [0.3, 0.4) is 0 Å². The average molecular weight is 357 g/mol. The van der Waals surface area contributed by atoms with Crippen molar-refractivity contribution < 1.29 is 24.0 Å². The van der Waals surface area contributed by atoms with E-state index in [-0.39, 0.29) is 24.5 Å². The van der Waals surface area contributed by atoms with Crippen molar-refractivity contribution in [3.05, 3.63) is 69.3 Å². The lowest BCUT2D eigenvalue weighted by molar-refractivity contribution is -0.385. The molecule has 2 rings (SSSR count). The predicted molar refractivity (Wildman–Crippen MR) is 94.0 cm³/mol. The molecule has 0 saturated heterocycles. The first-order valence-corrected chi connectivity index (χ1v) is 8.07. The maximum absolute atomic E-state index is 12.0. The van der Waals surface area contributed by atoms with Gasteiger partial charge in [-0.3, -0.25) is 14.9 Å². The first-order chi connectivity index (χ1) is 12.4. The third kappa shape index (κ3) is 4.66. The molecule has 0 fully saturated rings. The maximum Gasteiger partial charge on any atom is 0.374 e. The molecule has 0 aliphatic rings. The SMILES string of the molecule is CCOC(=O)C(=O)Cc1c([N+](=O)[O-])ccc(OCc2ccccc2)c1C. The van der Waals surface area contributed by atoms with Gasteiger partial charge in [0.2, 0.25) is 5.78 Å². The van der Waals surface area contributed by atoms with E-state index in [0.717, 1.165) is 5.56 Å². The van der Waals surface area contributed by atoms with Crippen molar-refractivity contribution in [1.82, 2.24) is 0 Å². The second-order valence-electron chi connectivity index (χ2n) is 5.54. The van der Waals surface area contributed by atoms with Gasteiger partial charge < -0.3 is 9.47 Å². The Morgan fingerprint density at radius 3 is 2.42 bits per heavy atom. The lowest BCUT2D eigenvalue weighted by Crippen LogP contribution is -2.20. The van der Waals surface area contributed by atoms with Crippen LogP contribution in [0.1, 0.15) is 23.6 Å². The van der Waals surface area contributed by atoms with Crippen LogP contribution in [0.25, 0.3) is 0 Å². The van der Waals surface area contributed by atoms with Crippen molar-refractivity contribution in [1.29, 1.82) is 0 Å². The van der Waals surface area contributed by atoms with Crippen molar-refractivity contribution in [2.24, 2.45) is 0 Å². The Labute approximate surface area is 150 Å². The number of rotatable bonds is 8. The molecule has 2 aromatic carbocycles. The van der Waals surface area contributed by atoms with E-state index < -0.39 is 23.1 Å². The second-order valence-corrected chi connectivity index (χ2v) is 5.54. The molecule has 0 spiro atoms. The van der Waals surface area contributed by atoms with Gasteiger partial charge in [0.05, 0.1) is 18.0 Å². The summed E-state index contributed by atoms with van der Waals surface area (Å²) in [4.78, 5) is 34.2. The summed E-state index contributed by atoms with van der Waals surface area (Å²) in [7, 11) is 0. The fourth-order valence-corrected chi connectivity index (χ4v) is 2.45. The highest BCUT2D eigenvalue weighted by molar-refractivity contribution is 6.34. The average Bonchev–Trinajstić information content (AvgIpc) is 2.63. The van der Waals surface area contributed by atoms with E-state index in [0.29, 0.717) is 11.3 Å². The van der Waals surface area contributed by atoms with Gasteiger partial charge >= 0.3 is 5.97 Å². The highest BCUT2D eigenvalue weighted by atomic mass is 16.6. The lowest BCUT2D eigenvalue weighted by Gasteiger charge is -2.13. The third-order valence-electron chi connectivity index (χ3n) is 3.80. The Hall–Kier alpha value is -3.22. The van der Waals surface area contributed by atoms with E-state index in [1.54, 1.807) is 13.8 Å².